The van der Waals surface area contributed by atoms with Gasteiger partial charge in [-0.25, -0.2) is 0 Å². The highest BCUT2D eigenvalue weighted by molar-refractivity contribution is 7.71. The van der Waals surface area contributed by atoms with Crippen LogP contribution in [0, 0.1) is 4.64 Å². The summed E-state index contributed by atoms with van der Waals surface area (Å²) in [6.45, 7) is 0. The minimum absolute atomic E-state index is 0.606. The maximum absolute atomic E-state index is 5.24. The van der Waals surface area contributed by atoms with Gasteiger partial charge in [-0.05, 0) is 18.2 Å². The van der Waals surface area contributed by atoms with Crippen LogP contribution in [0.3, 0.4) is 0 Å². The van der Waals surface area contributed by atoms with Gasteiger partial charge in [-0.3, -0.25) is 4.98 Å². The number of nitrogens with one attached hydrogen (secondary N) is 1. The predicted molar refractivity (Wildman–Crippen MR) is 68.0 cm³/mol. The number of nitrogens with zero attached hydrogens (tertiary/aromatic N) is 1. The fourth-order valence-electron chi connectivity index (χ4n) is 1.50. The van der Waals surface area contributed by atoms with Crippen LogP contribution >= 0.6 is 12.2 Å². The molecule has 0 aliphatic heterocycles. The van der Waals surface area contributed by atoms with E-state index in [1.165, 1.54) is 0 Å². The number of hydrogen-bond donors (Lipinski definition) is 1. The van der Waals surface area contributed by atoms with Crippen molar-refractivity contribution in [2.24, 2.45) is 0 Å². The van der Waals surface area contributed by atoms with Gasteiger partial charge in [0.2, 0.25) is 0 Å². The van der Waals surface area contributed by atoms with E-state index in [2.05, 4.69) is 9.97 Å². The lowest BCUT2D eigenvalue weighted by molar-refractivity contribution is 0.355. The molecule has 5 heteroatoms. The molecule has 88 valence electrons. The first-order valence-corrected chi connectivity index (χ1v) is 5.42. The standard InChI is InChI=1S/C12H12N2O2S/c1-15-10-4-3-8(5-11(10)16-2)9-6-14-12(17)7-13-9/h3-7H,1-2H3,(H,14,17). The third-order valence-electron chi connectivity index (χ3n) is 2.35. The van der Waals surface area contributed by atoms with Gasteiger partial charge < -0.3 is 14.5 Å². The SMILES string of the molecule is COc1ccc(-c2c[nH]c(=S)cn2)cc1OC. The summed E-state index contributed by atoms with van der Waals surface area (Å²) in [5, 5.41) is 0. The quantitative estimate of drug-likeness (QED) is 0.848. The van der Waals surface area contributed by atoms with E-state index in [1.807, 2.05) is 18.2 Å². The number of ether oxygens (including phenoxy) is 2. The molecule has 0 spiro atoms. The zero-order valence-corrected chi connectivity index (χ0v) is 10.4. The Morgan fingerprint density at radius 3 is 2.53 bits per heavy atom. The topological polar surface area (TPSA) is 47.1 Å². The number of methoxy groups -OCH3 is 2. The molecular weight excluding hydrogens is 236 g/mol. The van der Waals surface area contributed by atoms with Crippen molar-refractivity contribution >= 4 is 12.2 Å². The van der Waals surface area contributed by atoms with Gasteiger partial charge in [0.15, 0.2) is 11.5 Å². The number of benzene rings is 1. The molecule has 0 aliphatic rings. The largest absolute Gasteiger partial charge is 0.493 e. The van der Waals surface area contributed by atoms with Crippen LogP contribution in [0.1, 0.15) is 0 Å². The molecule has 0 unspecified atom stereocenters. The van der Waals surface area contributed by atoms with E-state index in [1.54, 1.807) is 26.6 Å². The second-order valence-corrected chi connectivity index (χ2v) is 3.81. The summed E-state index contributed by atoms with van der Waals surface area (Å²) < 4.78 is 11.0. The maximum Gasteiger partial charge on any atom is 0.161 e. The van der Waals surface area contributed by atoms with E-state index < -0.39 is 0 Å². The Hall–Kier alpha value is -1.88. The van der Waals surface area contributed by atoms with Crippen molar-refractivity contribution in [1.29, 1.82) is 0 Å². The van der Waals surface area contributed by atoms with Crippen molar-refractivity contribution in [3.8, 4) is 22.8 Å². The average molecular weight is 248 g/mol. The summed E-state index contributed by atoms with van der Waals surface area (Å²) in [4.78, 5) is 7.19. The van der Waals surface area contributed by atoms with Gasteiger partial charge >= 0.3 is 0 Å². The van der Waals surface area contributed by atoms with E-state index in [-0.39, 0.29) is 0 Å². The molecule has 0 radical (unpaired) electrons. The molecular formula is C12H12N2O2S. The summed E-state index contributed by atoms with van der Waals surface area (Å²) in [5.41, 5.74) is 1.74. The minimum Gasteiger partial charge on any atom is -0.493 e. The molecule has 1 aromatic carbocycles. The molecule has 0 aliphatic carbocycles. The van der Waals surface area contributed by atoms with Crippen molar-refractivity contribution in [2.45, 2.75) is 0 Å². The molecule has 0 fully saturated rings. The van der Waals surface area contributed by atoms with Crippen molar-refractivity contribution in [3.63, 3.8) is 0 Å². The average Bonchev–Trinajstić information content (AvgIpc) is 2.39. The third kappa shape index (κ3) is 2.45. The highest BCUT2D eigenvalue weighted by Crippen LogP contribution is 2.31. The summed E-state index contributed by atoms with van der Waals surface area (Å²) in [6, 6.07) is 5.64. The molecule has 1 N–H and O–H groups in total. The van der Waals surface area contributed by atoms with E-state index in [0.717, 1.165) is 11.3 Å². The van der Waals surface area contributed by atoms with Crippen LogP contribution in [0.15, 0.2) is 30.6 Å². The van der Waals surface area contributed by atoms with Gasteiger partial charge in [0.25, 0.3) is 0 Å². The lowest BCUT2D eigenvalue weighted by Gasteiger charge is -2.09. The Morgan fingerprint density at radius 1 is 1.18 bits per heavy atom. The summed E-state index contributed by atoms with van der Waals surface area (Å²) >= 11 is 4.95. The Bertz CT molecular complexity index is 560. The Kier molecular flexibility index (Phi) is 3.39. The summed E-state index contributed by atoms with van der Waals surface area (Å²) in [6.07, 6.45) is 3.38. The fourth-order valence-corrected chi connectivity index (χ4v) is 1.61. The Labute approximate surface area is 104 Å². The van der Waals surface area contributed by atoms with Gasteiger partial charge in [-0.15, -0.1) is 0 Å². The molecule has 2 aromatic rings. The molecule has 1 heterocycles. The predicted octanol–water partition coefficient (Wildman–Crippen LogP) is 2.82. The first-order chi connectivity index (χ1) is 8.24. The highest BCUT2D eigenvalue weighted by atomic mass is 32.1. The number of H-pyrrole nitrogens is 1. The summed E-state index contributed by atoms with van der Waals surface area (Å²) in [5.74, 6) is 1.37. The van der Waals surface area contributed by atoms with E-state index in [9.17, 15) is 0 Å². The molecule has 0 atom stereocenters. The molecule has 0 amide bonds. The number of hydrogen-bond acceptors (Lipinski definition) is 4. The Balaban J connectivity index is 2.46. The molecule has 0 saturated carbocycles. The second-order valence-electron chi connectivity index (χ2n) is 3.37. The highest BCUT2D eigenvalue weighted by Gasteiger charge is 2.06. The normalized spacial score (nSPS) is 10.0. The van der Waals surface area contributed by atoms with E-state index in [0.29, 0.717) is 16.1 Å². The molecule has 17 heavy (non-hydrogen) atoms. The van der Waals surface area contributed by atoms with Crippen LogP contribution < -0.4 is 9.47 Å². The van der Waals surface area contributed by atoms with Crippen molar-refractivity contribution in [2.75, 3.05) is 14.2 Å². The van der Waals surface area contributed by atoms with E-state index in [4.69, 9.17) is 21.7 Å². The van der Waals surface area contributed by atoms with Crippen molar-refractivity contribution in [1.82, 2.24) is 9.97 Å². The lowest BCUT2D eigenvalue weighted by Crippen LogP contribution is -1.92. The van der Waals surface area contributed by atoms with Crippen LogP contribution in [-0.2, 0) is 0 Å². The van der Waals surface area contributed by atoms with Crippen LogP contribution in [0.25, 0.3) is 11.3 Å². The van der Waals surface area contributed by atoms with E-state index >= 15 is 0 Å². The number of aromatic nitrogens is 2. The fraction of sp³-hybridized carbons (Fsp3) is 0.167. The van der Waals surface area contributed by atoms with Gasteiger partial charge in [-0.2, -0.15) is 0 Å². The molecule has 1 aromatic heterocycles. The van der Waals surface area contributed by atoms with Crippen LogP contribution in [0.2, 0.25) is 0 Å². The zero-order valence-electron chi connectivity index (χ0n) is 9.56. The first kappa shape index (κ1) is 11.6. The number of rotatable bonds is 3. The molecule has 2 rings (SSSR count). The third-order valence-corrected chi connectivity index (χ3v) is 2.57. The van der Waals surface area contributed by atoms with Crippen molar-refractivity contribution in [3.05, 3.63) is 35.2 Å². The number of aromatic amines is 1. The van der Waals surface area contributed by atoms with Crippen LogP contribution in [-0.4, -0.2) is 24.2 Å². The lowest BCUT2D eigenvalue weighted by atomic mass is 10.1. The van der Waals surface area contributed by atoms with Gasteiger partial charge in [0.1, 0.15) is 4.64 Å². The van der Waals surface area contributed by atoms with Gasteiger partial charge in [0.05, 0.1) is 26.1 Å². The Morgan fingerprint density at radius 2 is 1.94 bits per heavy atom. The maximum atomic E-state index is 5.24. The zero-order chi connectivity index (χ0) is 12.3. The molecule has 0 saturated heterocycles. The monoisotopic (exact) mass is 248 g/mol. The first-order valence-electron chi connectivity index (χ1n) is 5.01. The second kappa shape index (κ2) is 4.97. The molecule has 4 nitrogen and oxygen atoms in total. The van der Waals surface area contributed by atoms with Gasteiger partial charge in [0, 0.05) is 11.8 Å². The summed E-state index contributed by atoms with van der Waals surface area (Å²) in [7, 11) is 3.21. The smallest absolute Gasteiger partial charge is 0.161 e. The van der Waals surface area contributed by atoms with Crippen molar-refractivity contribution < 1.29 is 9.47 Å². The molecule has 0 bridgehead atoms. The van der Waals surface area contributed by atoms with Gasteiger partial charge in [-0.1, -0.05) is 12.2 Å². The van der Waals surface area contributed by atoms with Crippen LogP contribution in [0.5, 0.6) is 11.5 Å². The minimum atomic E-state index is 0.606. The van der Waals surface area contributed by atoms with Crippen LogP contribution in [0.4, 0.5) is 0 Å².